The Morgan fingerprint density at radius 1 is 1.42 bits per heavy atom. The highest BCUT2D eigenvalue weighted by Gasteiger charge is 2.49. The topological polar surface area (TPSA) is 44.9 Å². The molecule has 1 aliphatic carbocycles. The number of guanidine groups is 1. The summed E-state index contributed by atoms with van der Waals surface area (Å²) in [5, 5.41) is 0. The number of nitrogens with two attached hydrogens (primary N) is 1. The maximum Gasteiger partial charge on any atom is 0.191 e. The number of nitrogens with zero attached hydrogens (tertiary/aromatic N) is 3. The molecule has 2 aliphatic rings. The molecule has 1 aliphatic heterocycles. The summed E-state index contributed by atoms with van der Waals surface area (Å²) in [7, 11) is 4.24. The first-order chi connectivity index (χ1) is 8.97. The Balaban J connectivity index is 2.18. The standard InChI is InChI=1S/C15H30N4/c1-12(2)13-7-5-6-8-15(13)11-17-14(16)19(15)10-9-18(3)4/h12-13H,5-11H2,1-4H3,(H2,16,17). The third-order valence-electron chi connectivity index (χ3n) is 4.97. The van der Waals surface area contributed by atoms with Crippen molar-refractivity contribution in [3.05, 3.63) is 0 Å². The van der Waals surface area contributed by atoms with Crippen LogP contribution in [0.4, 0.5) is 0 Å². The van der Waals surface area contributed by atoms with Crippen molar-refractivity contribution in [3.8, 4) is 0 Å². The average Bonchev–Trinajstić information content (AvgIpc) is 2.65. The van der Waals surface area contributed by atoms with E-state index < -0.39 is 0 Å². The summed E-state index contributed by atoms with van der Waals surface area (Å²) in [4.78, 5) is 9.26. The predicted octanol–water partition coefficient (Wildman–Crippen LogP) is 1.76. The molecule has 4 heteroatoms. The number of hydrogen-bond donors (Lipinski definition) is 1. The summed E-state index contributed by atoms with van der Waals surface area (Å²) in [5.74, 6) is 2.21. The SMILES string of the molecule is CC(C)C1CCCCC12CN=C(N)N2CCN(C)C. The van der Waals surface area contributed by atoms with Crippen LogP contribution in [0.3, 0.4) is 0 Å². The Labute approximate surface area is 118 Å². The van der Waals surface area contributed by atoms with Crippen molar-refractivity contribution in [1.82, 2.24) is 9.80 Å². The van der Waals surface area contributed by atoms with Crippen LogP contribution in [-0.2, 0) is 0 Å². The number of rotatable bonds is 4. The van der Waals surface area contributed by atoms with Crippen LogP contribution in [0.2, 0.25) is 0 Å². The molecule has 1 fully saturated rings. The largest absolute Gasteiger partial charge is 0.370 e. The van der Waals surface area contributed by atoms with Crippen molar-refractivity contribution in [1.29, 1.82) is 0 Å². The zero-order valence-electron chi connectivity index (χ0n) is 13.0. The summed E-state index contributed by atoms with van der Waals surface area (Å²) >= 11 is 0. The molecule has 2 unspecified atom stereocenters. The van der Waals surface area contributed by atoms with E-state index in [0.717, 1.165) is 31.5 Å². The highest BCUT2D eigenvalue weighted by atomic mass is 15.4. The quantitative estimate of drug-likeness (QED) is 0.843. The van der Waals surface area contributed by atoms with Crippen LogP contribution < -0.4 is 5.73 Å². The zero-order valence-corrected chi connectivity index (χ0v) is 13.0. The molecule has 1 heterocycles. The molecule has 1 spiro atoms. The van der Waals surface area contributed by atoms with E-state index in [1.165, 1.54) is 25.7 Å². The minimum atomic E-state index is 0.215. The lowest BCUT2D eigenvalue weighted by molar-refractivity contribution is 0.0417. The van der Waals surface area contributed by atoms with E-state index in [1.807, 2.05) is 0 Å². The minimum Gasteiger partial charge on any atom is -0.370 e. The van der Waals surface area contributed by atoms with Crippen molar-refractivity contribution < 1.29 is 0 Å². The molecular weight excluding hydrogens is 236 g/mol. The monoisotopic (exact) mass is 266 g/mol. The van der Waals surface area contributed by atoms with Crippen LogP contribution in [0.5, 0.6) is 0 Å². The molecule has 0 aromatic heterocycles. The van der Waals surface area contributed by atoms with Crippen LogP contribution in [-0.4, -0.2) is 55.0 Å². The Hall–Kier alpha value is -0.770. The van der Waals surface area contributed by atoms with Crippen LogP contribution in [0, 0.1) is 11.8 Å². The van der Waals surface area contributed by atoms with E-state index >= 15 is 0 Å². The highest BCUT2D eigenvalue weighted by molar-refractivity contribution is 5.81. The Morgan fingerprint density at radius 2 is 2.16 bits per heavy atom. The molecule has 0 aromatic carbocycles. The van der Waals surface area contributed by atoms with Gasteiger partial charge >= 0.3 is 0 Å². The lowest BCUT2D eigenvalue weighted by atomic mass is 9.67. The minimum absolute atomic E-state index is 0.215. The van der Waals surface area contributed by atoms with E-state index in [4.69, 9.17) is 5.73 Å². The van der Waals surface area contributed by atoms with E-state index in [2.05, 4.69) is 42.7 Å². The molecule has 0 saturated heterocycles. The van der Waals surface area contributed by atoms with Gasteiger partial charge in [-0.25, -0.2) is 0 Å². The van der Waals surface area contributed by atoms with Gasteiger partial charge < -0.3 is 15.5 Å². The van der Waals surface area contributed by atoms with Crippen molar-refractivity contribution in [2.75, 3.05) is 33.7 Å². The van der Waals surface area contributed by atoms with E-state index in [1.54, 1.807) is 0 Å². The van der Waals surface area contributed by atoms with E-state index in [9.17, 15) is 0 Å². The highest BCUT2D eigenvalue weighted by Crippen LogP contribution is 2.44. The van der Waals surface area contributed by atoms with E-state index in [-0.39, 0.29) is 5.54 Å². The van der Waals surface area contributed by atoms with Crippen molar-refractivity contribution in [2.24, 2.45) is 22.6 Å². The molecule has 19 heavy (non-hydrogen) atoms. The van der Waals surface area contributed by atoms with Crippen molar-refractivity contribution in [2.45, 2.75) is 45.1 Å². The Bertz CT molecular complexity index is 337. The summed E-state index contributed by atoms with van der Waals surface area (Å²) in [6, 6.07) is 0. The summed E-state index contributed by atoms with van der Waals surface area (Å²) < 4.78 is 0. The molecule has 4 nitrogen and oxygen atoms in total. The fourth-order valence-electron chi connectivity index (χ4n) is 3.99. The first-order valence-electron chi connectivity index (χ1n) is 7.69. The van der Waals surface area contributed by atoms with Gasteiger partial charge in [0.1, 0.15) is 0 Å². The molecular formula is C15H30N4. The number of hydrogen-bond acceptors (Lipinski definition) is 4. The summed E-state index contributed by atoms with van der Waals surface area (Å²) in [5.41, 5.74) is 6.41. The second-order valence-electron chi connectivity index (χ2n) is 6.83. The molecule has 110 valence electrons. The van der Waals surface area contributed by atoms with Gasteiger partial charge in [0.2, 0.25) is 0 Å². The lowest BCUT2D eigenvalue weighted by Crippen LogP contribution is -2.59. The Kier molecular flexibility index (Phi) is 4.39. The maximum absolute atomic E-state index is 6.19. The van der Waals surface area contributed by atoms with Gasteiger partial charge in [0.15, 0.2) is 5.96 Å². The molecule has 2 rings (SSSR count). The second kappa shape index (κ2) is 5.70. The summed E-state index contributed by atoms with van der Waals surface area (Å²) in [6.07, 6.45) is 5.28. The van der Waals surface area contributed by atoms with Gasteiger partial charge in [0, 0.05) is 13.1 Å². The predicted molar refractivity (Wildman–Crippen MR) is 81.3 cm³/mol. The van der Waals surface area contributed by atoms with Gasteiger partial charge in [0.05, 0.1) is 12.1 Å². The van der Waals surface area contributed by atoms with Crippen LogP contribution in [0.1, 0.15) is 39.5 Å². The van der Waals surface area contributed by atoms with E-state index in [0.29, 0.717) is 5.92 Å². The van der Waals surface area contributed by atoms with Gasteiger partial charge in [-0.05, 0) is 38.8 Å². The molecule has 0 amide bonds. The van der Waals surface area contributed by atoms with Crippen LogP contribution >= 0.6 is 0 Å². The molecule has 0 bridgehead atoms. The zero-order chi connectivity index (χ0) is 14.0. The summed E-state index contributed by atoms with van der Waals surface area (Å²) in [6.45, 7) is 7.68. The van der Waals surface area contributed by atoms with Gasteiger partial charge in [-0.1, -0.05) is 26.7 Å². The average molecular weight is 266 g/mol. The fraction of sp³-hybridized carbons (Fsp3) is 0.933. The van der Waals surface area contributed by atoms with Crippen LogP contribution in [0.15, 0.2) is 4.99 Å². The fourth-order valence-corrected chi connectivity index (χ4v) is 3.99. The van der Waals surface area contributed by atoms with Crippen molar-refractivity contribution in [3.63, 3.8) is 0 Å². The first kappa shape index (κ1) is 14.6. The molecule has 1 saturated carbocycles. The lowest BCUT2D eigenvalue weighted by Gasteiger charge is -2.49. The van der Waals surface area contributed by atoms with Crippen molar-refractivity contribution >= 4 is 5.96 Å². The molecule has 0 aromatic rings. The van der Waals surface area contributed by atoms with Gasteiger partial charge in [0.25, 0.3) is 0 Å². The molecule has 2 atom stereocenters. The van der Waals surface area contributed by atoms with Gasteiger partial charge in [-0.2, -0.15) is 0 Å². The third kappa shape index (κ3) is 2.73. The normalized spacial score (nSPS) is 31.6. The number of aliphatic imine (C=N–C) groups is 1. The van der Waals surface area contributed by atoms with Crippen LogP contribution in [0.25, 0.3) is 0 Å². The maximum atomic E-state index is 6.19. The molecule has 0 radical (unpaired) electrons. The van der Waals surface area contributed by atoms with Gasteiger partial charge in [-0.15, -0.1) is 0 Å². The smallest absolute Gasteiger partial charge is 0.191 e. The Morgan fingerprint density at radius 3 is 2.79 bits per heavy atom. The first-order valence-corrected chi connectivity index (χ1v) is 7.69. The van der Waals surface area contributed by atoms with Gasteiger partial charge in [-0.3, -0.25) is 4.99 Å². The number of likely N-dealkylation sites (N-methyl/N-ethyl adjacent to an activating group) is 1. The second-order valence-corrected chi connectivity index (χ2v) is 6.83. The third-order valence-corrected chi connectivity index (χ3v) is 4.97. The molecule has 2 N–H and O–H groups in total.